The molecule has 0 aliphatic carbocycles. The Balaban J connectivity index is 2.03. The highest BCUT2D eigenvalue weighted by Gasteiger charge is 2.14. The number of aryl methyl sites for hydroxylation is 2. The third-order valence-corrected chi connectivity index (χ3v) is 4.87. The topological polar surface area (TPSA) is 25.8 Å². The highest BCUT2D eigenvalue weighted by Crippen LogP contribution is 2.33. The molecular weight excluding hydrogens is 312 g/mol. The van der Waals surface area contributed by atoms with Crippen LogP contribution in [0, 0.1) is 0 Å². The van der Waals surface area contributed by atoms with Gasteiger partial charge in [-0.15, -0.1) is 22.9 Å². The zero-order valence-corrected chi connectivity index (χ0v) is 14.0. The van der Waals surface area contributed by atoms with E-state index in [0.29, 0.717) is 5.88 Å². The molecule has 2 aromatic heterocycles. The molecule has 2 nitrogen and oxygen atoms in total. The second-order valence-electron chi connectivity index (χ2n) is 5.00. The first-order chi connectivity index (χ1) is 10.8. The van der Waals surface area contributed by atoms with Crippen LogP contribution in [0.2, 0.25) is 0 Å². The van der Waals surface area contributed by atoms with Crippen LogP contribution in [-0.2, 0) is 12.8 Å². The maximum Gasteiger partial charge on any atom is 0.142 e. The minimum atomic E-state index is 0.601. The summed E-state index contributed by atoms with van der Waals surface area (Å²) in [5.41, 5.74) is 4.44. The molecule has 0 fully saturated rings. The van der Waals surface area contributed by atoms with Crippen molar-refractivity contribution in [3.8, 4) is 22.0 Å². The van der Waals surface area contributed by atoms with Crippen molar-refractivity contribution >= 4 is 22.9 Å². The molecule has 22 heavy (non-hydrogen) atoms. The predicted octanol–water partition coefficient (Wildman–Crippen LogP) is 5.22. The van der Waals surface area contributed by atoms with Gasteiger partial charge in [-0.1, -0.05) is 37.3 Å². The first-order valence-corrected chi connectivity index (χ1v) is 8.73. The summed E-state index contributed by atoms with van der Waals surface area (Å²) in [6, 6.07) is 14.5. The van der Waals surface area contributed by atoms with Gasteiger partial charge in [-0.3, -0.25) is 4.98 Å². The lowest BCUT2D eigenvalue weighted by Crippen LogP contribution is -1.88. The molecule has 0 unspecified atom stereocenters. The summed E-state index contributed by atoms with van der Waals surface area (Å²) < 4.78 is 0. The fraction of sp³-hybridized carbons (Fsp3) is 0.222. The molecular formula is C18H17ClN2S. The van der Waals surface area contributed by atoms with Crippen molar-refractivity contribution in [1.29, 1.82) is 0 Å². The summed E-state index contributed by atoms with van der Waals surface area (Å²) >= 11 is 7.65. The monoisotopic (exact) mass is 328 g/mol. The van der Waals surface area contributed by atoms with Crippen molar-refractivity contribution < 1.29 is 0 Å². The van der Waals surface area contributed by atoms with Crippen LogP contribution >= 0.6 is 22.9 Å². The molecule has 0 amide bonds. The van der Waals surface area contributed by atoms with E-state index in [1.165, 1.54) is 10.4 Å². The average Bonchev–Trinajstić information content (AvgIpc) is 3.00. The Morgan fingerprint density at radius 2 is 1.91 bits per heavy atom. The van der Waals surface area contributed by atoms with Gasteiger partial charge >= 0.3 is 0 Å². The first-order valence-electron chi connectivity index (χ1n) is 7.38. The fourth-order valence-electron chi connectivity index (χ4n) is 2.33. The van der Waals surface area contributed by atoms with Crippen LogP contribution < -0.4 is 0 Å². The van der Waals surface area contributed by atoms with Crippen LogP contribution in [0.4, 0.5) is 0 Å². The molecule has 0 saturated heterocycles. The number of rotatable bonds is 5. The van der Waals surface area contributed by atoms with Gasteiger partial charge in [0.05, 0.1) is 11.4 Å². The summed E-state index contributed by atoms with van der Waals surface area (Å²) in [6.45, 7) is 2.16. The Bertz CT molecular complexity index is 736. The Labute approximate surface area is 139 Å². The van der Waals surface area contributed by atoms with E-state index in [-0.39, 0.29) is 0 Å². The van der Waals surface area contributed by atoms with Gasteiger partial charge in [-0.25, -0.2) is 4.98 Å². The van der Waals surface area contributed by atoms with Crippen LogP contribution in [0.25, 0.3) is 22.0 Å². The fourth-order valence-corrected chi connectivity index (χ4v) is 3.69. The second kappa shape index (κ2) is 7.03. The lowest BCUT2D eigenvalue weighted by atomic mass is 10.1. The molecule has 0 radical (unpaired) electrons. The van der Waals surface area contributed by atoms with Crippen molar-refractivity contribution in [3.63, 3.8) is 0 Å². The van der Waals surface area contributed by atoms with Crippen molar-refractivity contribution in [2.75, 3.05) is 5.88 Å². The molecule has 3 aromatic rings. The molecule has 0 atom stereocenters. The van der Waals surface area contributed by atoms with Gasteiger partial charge in [0.25, 0.3) is 0 Å². The summed E-state index contributed by atoms with van der Waals surface area (Å²) in [4.78, 5) is 10.4. The van der Waals surface area contributed by atoms with Crippen molar-refractivity contribution in [1.82, 2.24) is 9.97 Å². The Kier molecular flexibility index (Phi) is 4.86. The molecule has 0 saturated carbocycles. The highest BCUT2D eigenvalue weighted by molar-refractivity contribution is 7.15. The van der Waals surface area contributed by atoms with E-state index in [0.717, 1.165) is 34.8 Å². The maximum absolute atomic E-state index is 5.96. The minimum Gasteiger partial charge on any atom is -0.254 e. The molecule has 0 bridgehead atoms. The number of nitrogens with zero attached hydrogens (tertiary/aromatic N) is 2. The summed E-state index contributed by atoms with van der Waals surface area (Å²) in [6.07, 6.45) is 3.68. The van der Waals surface area contributed by atoms with E-state index in [9.17, 15) is 0 Å². The van der Waals surface area contributed by atoms with Gasteiger partial charge < -0.3 is 0 Å². The van der Waals surface area contributed by atoms with Crippen molar-refractivity contribution in [2.24, 2.45) is 0 Å². The number of aromatic nitrogens is 2. The van der Waals surface area contributed by atoms with Gasteiger partial charge in [0, 0.05) is 22.5 Å². The third kappa shape index (κ3) is 3.21. The Hall–Kier alpha value is -1.71. The van der Waals surface area contributed by atoms with E-state index in [2.05, 4.69) is 36.2 Å². The minimum absolute atomic E-state index is 0.601. The maximum atomic E-state index is 5.96. The van der Waals surface area contributed by atoms with Gasteiger partial charge in [-0.2, -0.15) is 0 Å². The van der Waals surface area contributed by atoms with E-state index < -0.39 is 0 Å². The quantitative estimate of drug-likeness (QED) is 0.600. The summed E-state index contributed by atoms with van der Waals surface area (Å²) in [5.74, 6) is 0.601. The van der Waals surface area contributed by atoms with Crippen LogP contribution in [0.15, 0.2) is 48.7 Å². The van der Waals surface area contributed by atoms with E-state index >= 15 is 0 Å². The van der Waals surface area contributed by atoms with E-state index in [1.807, 2.05) is 18.2 Å². The summed E-state index contributed by atoms with van der Waals surface area (Å²) in [5, 5.41) is 0.954. The number of pyridine rings is 1. The van der Waals surface area contributed by atoms with E-state index in [1.54, 1.807) is 17.5 Å². The predicted molar refractivity (Wildman–Crippen MR) is 94.6 cm³/mol. The van der Waals surface area contributed by atoms with Gasteiger partial charge in [0.2, 0.25) is 0 Å². The summed E-state index contributed by atoms with van der Waals surface area (Å²) in [7, 11) is 0. The zero-order chi connectivity index (χ0) is 15.4. The second-order valence-corrected chi connectivity index (χ2v) is 6.46. The number of alkyl halides is 1. The standard InChI is InChI=1S/C18H17ClN2S/c1-2-13-6-8-14(9-7-13)17-16(10-11-19)22-18(21-17)15-5-3-4-12-20-15/h3-9,12H,2,10-11H2,1H3. The Morgan fingerprint density at radius 3 is 2.55 bits per heavy atom. The van der Waals surface area contributed by atoms with Gasteiger partial charge in [-0.05, 0) is 30.5 Å². The molecule has 0 spiro atoms. The molecule has 4 heteroatoms. The first kappa shape index (κ1) is 15.2. The van der Waals surface area contributed by atoms with Crippen LogP contribution in [0.1, 0.15) is 17.4 Å². The lowest BCUT2D eigenvalue weighted by molar-refractivity contribution is 1.14. The SMILES string of the molecule is CCc1ccc(-c2nc(-c3ccccn3)sc2CCCl)cc1. The van der Waals surface area contributed by atoms with Crippen molar-refractivity contribution in [3.05, 3.63) is 59.1 Å². The van der Waals surface area contributed by atoms with Crippen LogP contribution in [-0.4, -0.2) is 15.8 Å². The number of benzene rings is 1. The number of hydrogen-bond acceptors (Lipinski definition) is 3. The normalized spacial score (nSPS) is 10.8. The molecule has 2 heterocycles. The number of halogens is 1. The van der Waals surface area contributed by atoms with Gasteiger partial charge in [0.1, 0.15) is 5.01 Å². The molecule has 112 valence electrons. The Morgan fingerprint density at radius 1 is 1.09 bits per heavy atom. The average molecular weight is 329 g/mol. The largest absolute Gasteiger partial charge is 0.254 e. The molecule has 3 rings (SSSR count). The van der Waals surface area contributed by atoms with Crippen LogP contribution in [0.5, 0.6) is 0 Å². The molecule has 1 aromatic carbocycles. The third-order valence-electron chi connectivity index (χ3n) is 3.54. The number of hydrogen-bond donors (Lipinski definition) is 0. The smallest absolute Gasteiger partial charge is 0.142 e. The van der Waals surface area contributed by atoms with Crippen LogP contribution in [0.3, 0.4) is 0 Å². The van der Waals surface area contributed by atoms with E-state index in [4.69, 9.17) is 16.6 Å². The zero-order valence-electron chi connectivity index (χ0n) is 12.4. The molecule has 0 N–H and O–H groups in total. The van der Waals surface area contributed by atoms with Gasteiger partial charge in [0.15, 0.2) is 0 Å². The highest BCUT2D eigenvalue weighted by atomic mass is 35.5. The molecule has 0 aliphatic heterocycles. The van der Waals surface area contributed by atoms with Crippen molar-refractivity contribution in [2.45, 2.75) is 19.8 Å². The lowest BCUT2D eigenvalue weighted by Gasteiger charge is -2.02. The molecule has 0 aliphatic rings. The number of thiazole rings is 1.